The van der Waals surface area contributed by atoms with Crippen LogP contribution in [0.5, 0.6) is 23.0 Å². The maximum atomic E-state index is 12.3. The molecule has 1 aromatic heterocycles. The van der Waals surface area contributed by atoms with Crippen LogP contribution in [-0.4, -0.2) is 24.4 Å². The zero-order valence-electron chi connectivity index (χ0n) is 12.3. The molecule has 0 aliphatic heterocycles. The summed E-state index contributed by atoms with van der Waals surface area (Å²) in [6.07, 6.45) is 0. The molecule has 0 fully saturated rings. The van der Waals surface area contributed by atoms with Crippen LogP contribution in [0.2, 0.25) is 0 Å². The van der Waals surface area contributed by atoms with Gasteiger partial charge in [0.2, 0.25) is 5.75 Å². The highest BCUT2D eigenvalue weighted by Gasteiger charge is 2.19. The predicted octanol–water partition coefficient (Wildman–Crippen LogP) is 2.68. The average Bonchev–Trinajstić information content (AvgIpc) is 2.49. The van der Waals surface area contributed by atoms with Crippen LogP contribution in [0, 0.1) is 6.92 Å². The van der Waals surface area contributed by atoms with E-state index in [1.54, 1.807) is 13.0 Å². The van der Waals surface area contributed by atoms with Gasteiger partial charge >= 0.3 is 5.63 Å². The lowest BCUT2D eigenvalue weighted by Crippen LogP contribution is -2.03. The van der Waals surface area contributed by atoms with Crippen LogP contribution in [-0.2, 0) is 0 Å². The summed E-state index contributed by atoms with van der Waals surface area (Å²) in [5, 5.41) is 21.2. The summed E-state index contributed by atoms with van der Waals surface area (Å²) in [5.41, 5.74) is 0.0790. The van der Waals surface area contributed by atoms with Crippen molar-refractivity contribution in [1.29, 1.82) is 0 Å². The van der Waals surface area contributed by atoms with E-state index < -0.39 is 5.63 Å². The van der Waals surface area contributed by atoms with Crippen molar-refractivity contribution in [2.24, 2.45) is 0 Å². The van der Waals surface area contributed by atoms with Gasteiger partial charge in [0.05, 0.1) is 14.2 Å². The number of aromatic hydroxyl groups is 2. The third kappa shape index (κ3) is 1.84. The van der Waals surface area contributed by atoms with Crippen molar-refractivity contribution in [3.05, 3.63) is 34.2 Å². The highest BCUT2D eigenvalue weighted by atomic mass is 16.5. The molecule has 6 heteroatoms. The van der Waals surface area contributed by atoms with Gasteiger partial charge in [-0.1, -0.05) is 0 Å². The molecule has 2 aromatic carbocycles. The van der Waals surface area contributed by atoms with Crippen LogP contribution in [0.15, 0.2) is 27.4 Å². The second-order valence-corrected chi connectivity index (χ2v) is 4.91. The van der Waals surface area contributed by atoms with Gasteiger partial charge in [-0.3, -0.25) is 0 Å². The molecule has 0 spiro atoms. The average molecular weight is 302 g/mol. The van der Waals surface area contributed by atoms with Gasteiger partial charge in [0.1, 0.15) is 16.9 Å². The zero-order chi connectivity index (χ0) is 16.0. The van der Waals surface area contributed by atoms with Crippen molar-refractivity contribution in [2.45, 2.75) is 6.92 Å². The minimum absolute atomic E-state index is 0.0157. The van der Waals surface area contributed by atoms with Crippen LogP contribution < -0.4 is 15.1 Å². The minimum atomic E-state index is -0.665. The number of fused-ring (bicyclic) bond motifs is 3. The van der Waals surface area contributed by atoms with Crippen molar-refractivity contribution in [2.75, 3.05) is 14.2 Å². The van der Waals surface area contributed by atoms with Crippen LogP contribution in [0.25, 0.3) is 21.7 Å². The molecule has 1 heterocycles. The summed E-state index contributed by atoms with van der Waals surface area (Å²) in [6, 6.07) is 4.41. The number of aryl methyl sites for hydroxylation is 1. The number of methoxy groups -OCH3 is 2. The molecule has 0 aliphatic rings. The second-order valence-electron chi connectivity index (χ2n) is 4.91. The Morgan fingerprint density at radius 1 is 1.00 bits per heavy atom. The van der Waals surface area contributed by atoms with E-state index in [1.165, 1.54) is 26.4 Å². The van der Waals surface area contributed by atoms with E-state index in [-0.39, 0.29) is 34.0 Å². The molecule has 0 amide bonds. The first-order chi connectivity index (χ1) is 10.5. The first-order valence-corrected chi connectivity index (χ1v) is 6.52. The number of phenolic OH excluding ortho intramolecular Hbond substituents is 2. The normalized spacial score (nSPS) is 11.0. The second kappa shape index (κ2) is 4.84. The molecule has 0 radical (unpaired) electrons. The van der Waals surface area contributed by atoms with Gasteiger partial charge in [0, 0.05) is 16.8 Å². The summed E-state index contributed by atoms with van der Waals surface area (Å²) in [5.74, 6) is 0.107. The monoisotopic (exact) mass is 302 g/mol. The Balaban J connectivity index is 2.65. The van der Waals surface area contributed by atoms with Crippen molar-refractivity contribution in [3.63, 3.8) is 0 Å². The predicted molar refractivity (Wildman–Crippen MR) is 81.2 cm³/mol. The van der Waals surface area contributed by atoms with E-state index in [0.717, 1.165) is 5.56 Å². The van der Waals surface area contributed by atoms with Crippen molar-refractivity contribution >= 4 is 21.7 Å². The fourth-order valence-corrected chi connectivity index (χ4v) is 2.65. The van der Waals surface area contributed by atoms with Crippen LogP contribution in [0.3, 0.4) is 0 Å². The van der Waals surface area contributed by atoms with Gasteiger partial charge in [-0.2, -0.15) is 0 Å². The molecule has 114 valence electrons. The Morgan fingerprint density at radius 2 is 1.68 bits per heavy atom. The number of ether oxygens (including phenoxy) is 2. The van der Waals surface area contributed by atoms with Crippen molar-refractivity contribution < 1.29 is 24.1 Å². The van der Waals surface area contributed by atoms with Gasteiger partial charge in [0.25, 0.3) is 0 Å². The largest absolute Gasteiger partial charge is 0.508 e. The smallest absolute Gasteiger partial charge is 0.348 e. The molecule has 3 rings (SSSR count). The zero-order valence-corrected chi connectivity index (χ0v) is 12.3. The van der Waals surface area contributed by atoms with E-state index in [2.05, 4.69) is 0 Å². The number of rotatable bonds is 2. The number of hydrogen-bond donors (Lipinski definition) is 2. The quantitative estimate of drug-likeness (QED) is 0.559. The van der Waals surface area contributed by atoms with Gasteiger partial charge in [-0.25, -0.2) is 4.79 Å². The highest BCUT2D eigenvalue weighted by molar-refractivity contribution is 6.10. The van der Waals surface area contributed by atoms with E-state index in [4.69, 9.17) is 13.9 Å². The Kier molecular flexibility index (Phi) is 3.09. The standard InChI is InChI=1S/C16H14O6/c1-7-4-11(21-3)14(18)15-12(7)9-5-8(17)6-10(20-2)13(9)16(19)22-15/h4-6,17-18H,1-3H3. The van der Waals surface area contributed by atoms with Crippen LogP contribution >= 0.6 is 0 Å². The lowest BCUT2D eigenvalue weighted by Gasteiger charge is -2.12. The topological polar surface area (TPSA) is 89.1 Å². The molecule has 0 saturated carbocycles. The summed E-state index contributed by atoms with van der Waals surface area (Å²) in [6.45, 7) is 1.79. The summed E-state index contributed by atoms with van der Waals surface area (Å²) in [7, 11) is 2.81. The Labute approximate surface area is 125 Å². The van der Waals surface area contributed by atoms with E-state index in [9.17, 15) is 15.0 Å². The first-order valence-electron chi connectivity index (χ1n) is 6.52. The molecule has 0 aliphatic carbocycles. The third-order valence-electron chi connectivity index (χ3n) is 3.61. The molecule has 0 bridgehead atoms. The van der Waals surface area contributed by atoms with Crippen molar-refractivity contribution in [1.82, 2.24) is 0 Å². The van der Waals surface area contributed by atoms with Gasteiger partial charge < -0.3 is 24.1 Å². The van der Waals surface area contributed by atoms with Gasteiger partial charge in [-0.05, 0) is 24.6 Å². The number of benzene rings is 2. The van der Waals surface area contributed by atoms with Crippen LogP contribution in [0.4, 0.5) is 0 Å². The molecule has 0 unspecified atom stereocenters. The van der Waals surface area contributed by atoms with E-state index in [0.29, 0.717) is 10.8 Å². The summed E-state index contributed by atoms with van der Waals surface area (Å²) < 4.78 is 15.5. The first kappa shape index (κ1) is 14.1. The van der Waals surface area contributed by atoms with E-state index in [1.807, 2.05) is 0 Å². The molecule has 2 N–H and O–H groups in total. The Bertz CT molecular complexity index is 955. The number of phenols is 2. The number of hydrogen-bond acceptors (Lipinski definition) is 6. The van der Waals surface area contributed by atoms with Gasteiger partial charge in [0.15, 0.2) is 11.3 Å². The molecular weight excluding hydrogens is 288 g/mol. The molecule has 0 atom stereocenters. The fraction of sp³-hybridized carbons (Fsp3) is 0.188. The lowest BCUT2D eigenvalue weighted by molar-refractivity contribution is 0.370. The third-order valence-corrected chi connectivity index (χ3v) is 3.61. The van der Waals surface area contributed by atoms with Crippen LogP contribution in [0.1, 0.15) is 5.56 Å². The fourth-order valence-electron chi connectivity index (χ4n) is 2.65. The van der Waals surface area contributed by atoms with E-state index >= 15 is 0 Å². The molecular formula is C16H14O6. The minimum Gasteiger partial charge on any atom is -0.508 e. The summed E-state index contributed by atoms with van der Waals surface area (Å²) >= 11 is 0. The SMILES string of the molecule is COc1cc(C)c2c(oc(=O)c3c(OC)cc(O)cc32)c1O. The molecule has 0 saturated heterocycles. The van der Waals surface area contributed by atoms with Crippen molar-refractivity contribution in [3.8, 4) is 23.0 Å². The molecule has 3 aromatic rings. The molecule has 6 nitrogen and oxygen atoms in total. The molecule has 22 heavy (non-hydrogen) atoms. The highest BCUT2D eigenvalue weighted by Crippen LogP contribution is 2.41. The van der Waals surface area contributed by atoms with Gasteiger partial charge in [-0.15, -0.1) is 0 Å². The lowest BCUT2D eigenvalue weighted by atomic mass is 10.0. The maximum absolute atomic E-state index is 12.3. The Morgan fingerprint density at radius 3 is 2.32 bits per heavy atom. The Hall–Kier alpha value is -2.89. The summed E-state index contributed by atoms with van der Waals surface area (Å²) in [4.78, 5) is 12.3. The maximum Gasteiger partial charge on any atom is 0.348 e.